The van der Waals surface area contributed by atoms with Crippen molar-refractivity contribution < 1.29 is 24.2 Å². The van der Waals surface area contributed by atoms with Crippen molar-refractivity contribution in [2.24, 2.45) is 0 Å². The Labute approximate surface area is 128 Å². The van der Waals surface area contributed by atoms with E-state index < -0.39 is 5.97 Å². The number of morpholine rings is 1. The summed E-state index contributed by atoms with van der Waals surface area (Å²) in [5, 5.41) is 8.88. The van der Waals surface area contributed by atoms with Crippen LogP contribution in [0, 0.1) is 0 Å². The second kappa shape index (κ2) is 6.06. The lowest BCUT2D eigenvalue weighted by molar-refractivity contribution is -0.149. The highest BCUT2D eigenvalue weighted by atomic mass is 16.6. The molecule has 2 saturated heterocycles. The molecular formula is C16H19NO5. The van der Waals surface area contributed by atoms with Crippen LogP contribution >= 0.6 is 0 Å². The minimum absolute atomic E-state index is 0.0395. The average molecular weight is 305 g/mol. The molecule has 6 heteroatoms. The monoisotopic (exact) mass is 305 g/mol. The van der Waals surface area contributed by atoms with E-state index in [-0.39, 0.29) is 23.5 Å². The zero-order valence-corrected chi connectivity index (χ0v) is 12.3. The number of carboxylic acid groups (broad SMARTS) is 1. The van der Waals surface area contributed by atoms with Crippen LogP contribution in [0.2, 0.25) is 0 Å². The van der Waals surface area contributed by atoms with Crippen LogP contribution < -0.4 is 0 Å². The van der Waals surface area contributed by atoms with E-state index in [0.717, 1.165) is 12.0 Å². The van der Waals surface area contributed by atoms with Crippen molar-refractivity contribution in [3.63, 3.8) is 0 Å². The first-order chi connectivity index (χ1) is 10.6. The van der Waals surface area contributed by atoms with Crippen molar-refractivity contribution in [1.82, 2.24) is 4.90 Å². The third kappa shape index (κ3) is 3.13. The Morgan fingerprint density at radius 2 is 2.00 bits per heavy atom. The highest BCUT2D eigenvalue weighted by molar-refractivity contribution is 5.87. The van der Waals surface area contributed by atoms with E-state index in [1.807, 2.05) is 4.90 Å². The molecule has 0 saturated carbocycles. The summed E-state index contributed by atoms with van der Waals surface area (Å²) in [5.74, 6) is -0.924. The third-order valence-electron chi connectivity index (χ3n) is 4.22. The van der Waals surface area contributed by atoms with E-state index in [0.29, 0.717) is 32.9 Å². The fourth-order valence-corrected chi connectivity index (χ4v) is 2.94. The van der Waals surface area contributed by atoms with E-state index in [9.17, 15) is 9.59 Å². The molecule has 0 aliphatic carbocycles. The quantitative estimate of drug-likeness (QED) is 0.899. The second-order valence-corrected chi connectivity index (χ2v) is 5.83. The van der Waals surface area contributed by atoms with Crippen LogP contribution in [0.1, 0.15) is 22.3 Å². The molecule has 2 aliphatic heterocycles. The Morgan fingerprint density at radius 3 is 2.64 bits per heavy atom. The molecule has 2 aliphatic rings. The fraction of sp³-hybridized carbons (Fsp3) is 0.500. The Hall–Kier alpha value is -1.92. The zero-order chi connectivity index (χ0) is 15.6. The van der Waals surface area contributed by atoms with E-state index in [1.165, 1.54) is 12.1 Å². The van der Waals surface area contributed by atoms with Crippen LogP contribution in [0.5, 0.6) is 0 Å². The number of carbonyl (C=O) groups excluding carboxylic acids is 1. The van der Waals surface area contributed by atoms with E-state index in [2.05, 4.69) is 0 Å². The minimum Gasteiger partial charge on any atom is -0.478 e. The van der Waals surface area contributed by atoms with Gasteiger partial charge in [-0.05, 0) is 17.7 Å². The molecule has 3 rings (SSSR count). The predicted molar refractivity (Wildman–Crippen MR) is 77.8 cm³/mol. The molecule has 2 fully saturated rings. The predicted octanol–water partition coefficient (Wildman–Crippen LogP) is 0.945. The molecule has 0 radical (unpaired) electrons. The Morgan fingerprint density at radius 1 is 1.23 bits per heavy atom. The summed E-state index contributed by atoms with van der Waals surface area (Å²) >= 11 is 0. The Bertz CT molecular complexity index is 562. The summed E-state index contributed by atoms with van der Waals surface area (Å²) in [6.45, 7) is 2.92. The molecule has 1 amide bonds. The van der Waals surface area contributed by atoms with Crippen molar-refractivity contribution in [3.8, 4) is 0 Å². The van der Waals surface area contributed by atoms with E-state index in [4.69, 9.17) is 14.6 Å². The normalized spacial score (nSPS) is 24.6. The number of benzene rings is 1. The van der Waals surface area contributed by atoms with Gasteiger partial charge in [-0.15, -0.1) is 0 Å². The zero-order valence-electron chi connectivity index (χ0n) is 12.3. The van der Waals surface area contributed by atoms with Crippen LogP contribution in [-0.2, 0) is 20.7 Å². The van der Waals surface area contributed by atoms with Gasteiger partial charge in [-0.3, -0.25) is 4.79 Å². The topological polar surface area (TPSA) is 76.1 Å². The van der Waals surface area contributed by atoms with Crippen LogP contribution in [0.4, 0.5) is 0 Å². The Balaban J connectivity index is 1.62. The maximum atomic E-state index is 12.4. The van der Waals surface area contributed by atoms with Crippen LogP contribution in [0.15, 0.2) is 24.3 Å². The number of amides is 1. The fourth-order valence-electron chi connectivity index (χ4n) is 2.94. The third-order valence-corrected chi connectivity index (χ3v) is 4.22. The first kappa shape index (κ1) is 15.0. The molecule has 2 heterocycles. The summed E-state index contributed by atoms with van der Waals surface area (Å²) < 4.78 is 11.2. The number of aromatic carboxylic acids is 1. The lowest BCUT2D eigenvalue weighted by Crippen LogP contribution is -2.54. The number of nitrogens with zero attached hydrogens (tertiary/aromatic N) is 1. The maximum absolute atomic E-state index is 12.4. The number of hydrogen-bond donors (Lipinski definition) is 1. The molecule has 0 bridgehead atoms. The molecule has 1 atom stereocenters. The standard InChI is InChI=1S/C16H19NO5/c18-14(9-12-1-3-13(4-2-12)15(19)20)17-6-8-22-16(10-17)5-7-21-11-16/h1-4H,5-11H2,(H,19,20). The summed E-state index contributed by atoms with van der Waals surface area (Å²) in [7, 11) is 0. The van der Waals surface area contributed by atoms with Crippen LogP contribution in [-0.4, -0.2) is 60.4 Å². The molecule has 6 nitrogen and oxygen atoms in total. The van der Waals surface area contributed by atoms with Gasteiger partial charge in [0.2, 0.25) is 5.91 Å². The highest BCUT2D eigenvalue weighted by Crippen LogP contribution is 2.27. The average Bonchev–Trinajstić information content (AvgIpc) is 2.95. The highest BCUT2D eigenvalue weighted by Gasteiger charge is 2.41. The van der Waals surface area contributed by atoms with Gasteiger partial charge in [0, 0.05) is 19.6 Å². The molecular weight excluding hydrogens is 286 g/mol. The second-order valence-electron chi connectivity index (χ2n) is 5.83. The molecule has 22 heavy (non-hydrogen) atoms. The smallest absolute Gasteiger partial charge is 0.335 e. The molecule has 1 N–H and O–H groups in total. The maximum Gasteiger partial charge on any atom is 0.335 e. The van der Waals surface area contributed by atoms with Crippen LogP contribution in [0.25, 0.3) is 0 Å². The number of carbonyl (C=O) groups is 2. The molecule has 1 aromatic rings. The molecule has 1 unspecified atom stereocenters. The van der Waals surface area contributed by atoms with Gasteiger partial charge in [0.1, 0.15) is 5.60 Å². The first-order valence-electron chi connectivity index (χ1n) is 7.40. The first-order valence-corrected chi connectivity index (χ1v) is 7.40. The van der Waals surface area contributed by atoms with Crippen molar-refractivity contribution in [2.75, 3.05) is 32.9 Å². The summed E-state index contributed by atoms with van der Waals surface area (Å²) in [5.41, 5.74) is 0.712. The van der Waals surface area contributed by atoms with Gasteiger partial charge in [0.05, 0.1) is 31.7 Å². The van der Waals surface area contributed by atoms with Crippen LogP contribution in [0.3, 0.4) is 0 Å². The van der Waals surface area contributed by atoms with Crippen molar-refractivity contribution >= 4 is 11.9 Å². The number of ether oxygens (including phenoxy) is 2. The lowest BCUT2D eigenvalue weighted by atomic mass is 10.00. The van der Waals surface area contributed by atoms with Gasteiger partial charge in [-0.2, -0.15) is 0 Å². The number of carboxylic acids is 1. The van der Waals surface area contributed by atoms with E-state index >= 15 is 0 Å². The van der Waals surface area contributed by atoms with Crippen molar-refractivity contribution in [3.05, 3.63) is 35.4 Å². The van der Waals surface area contributed by atoms with Gasteiger partial charge in [0.25, 0.3) is 0 Å². The molecule has 118 valence electrons. The van der Waals surface area contributed by atoms with Crippen molar-refractivity contribution in [1.29, 1.82) is 0 Å². The van der Waals surface area contributed by atoms with Gasteiger partial charge in [0.15, 0.2) is 0 Å². The van der Waals surface area contributed by atoms with Gasteiger partial charge in [-0.25, -0.2) is 4.79 Å². The number of rotatable bonds is 3. The summed E-state index contributed by atoms with van der Waals surface area (Å²) in [4.78, 5) is 25.1. The molecule has 1 aromatic carbocycles. The Kier molecular flexibility index (Phi) is 4.13. The van der Waals surface area contributed by atoms with E-state index in [1.54, 1.807) is 12.1 Å². The SMILES string of the molecule is O=C(O)c1ccc(CC(=O)N2CCOC3(CCOC3)C2)cc1. The minimum atomic E-state index is -0.964. The lowest BCUT2D eigenvalue weighted by Gasteiger charge is -2.39. The summed E-state index contributed by atoms with van der Waals surface area (Å²) in [6.07, 6.45) is 1.10. The molecule has 0 aromatic heterocycles. The number of hydrogen-bond acceptors (Lipinski definition) is 4. The van der Waals surface area contributed by atoms with Gasteiger partial charge >= 0.3 is 5.97 Å². The largest absolute Gasteiger partial charge is 0.478 e. The van der Waals surface area contributed by atoms with Crippen molar-refractivity contribution in [2.45, 2.75) is 18.4 Å². The summed E-state index contributed by atoms with van der Waals surface area (Å²) in [6, 6.07) is 6.43. The van der Waals surface area contributed by atoms with Gasteiger partial charge in [-0.1, -0.05) is 12.1 Å². The van der Waals surface area contributed by atoms with Gasteiger partial charge < -0.3 is 19.5 Å². The molecule has 1 spiro atoms.